The minimum atomic E-state index is -3.99. The Bertz CT molecular complexity index is 1540. The van der Waals surface area contributed by atoms with Gasteiger partial charge in [0.25, 0.3) is 5.91 Å². The molecular formula is C25H21N5O5S2. The second-order valence-corrected chi connectivity index (χ2v) is 10.3. The van der Waals surface area contributed by atoms with Crippen LogP contribution in [-0.2, 0) is 21.3 Å². The van der Waals surface area contributed by atoms with E-state index in [9.17, 15) is 18.0 Å². The van der Waals surface area contributed by atoms with Crippen molar-refractivity contribution < 1.29 is 22.2 Å². The zero-order chi connectivity index (χ0) is 26.3. The molecule has 0 radical (unpaired) electrons. The molecule has 0 saturated heterocycles. The number of aryl methyl sites for hydroxylation is 1. The molecule has 1 heterocycles. The molecule has 0 atom stereocenters. The number of hydrazone groups is 1. The lowest BCUT2D eigenvalue weighted by atomic mass is 10.2. The van der Waals surface area contributed by atoms with E-state index in [-0.39, 0.29) is 28.1 Å². The third kappa shape index (κ3) is 7.29. The monoisotopic (exact) mass is 535 g/mol. The van der Waals surface area contributed by atoms with Crippen LogP contribution in [0.5, 0.6) is 5.75 Å². The highest BCUT2D eigenvalue weighted by molar-refractivity contribution is 7.87. The fourth-order valence-corrected chi connectivity index (χ4v) is 4.67. The van der Waals surface area contributed by atoms with Crippen molar-refractivity contribution in [3.05, 3.63) is 101 Å². The quantitative estimate of drug-likeness (QED) is 0.190. The molecule has 0 unspecified atom stereocenters. The number of hydrogen-bond donors (Lipinski definition) is 2. The fourth-order valence-electron chi connectivity index (χ4n) is 3.02. The number of carbonyl (C=O) groups excluding carboxylic acids is 2. The number of aromatic nitrogens is 2. The zero-order valence-electron chi connectivity index (χ0n) is 19.5. The average molecular weight is 536 g/mol. The molecule has 4 rings (SSSR count). The van der Waals surface area contributed by atoms with Crippen LogP contribution in [0.4, 0.5) is 5.13 Å². The largest absolute Gasteiger partial charge is 0.379 e. The number of hydrogen-bond acceptors (Lipinski definition) is 9. The summed E-state index contributed by atoms with van der Waals surface area (Å²) in [5.74, 6) is -0.660. The summed E-state index contributed by atoms with van der Waals surface area (Å²) in [5.41, 5.74) is 4.30. The first-order valence-corrected chi connectivity index (χ1v) is 13.1. The fraction of sp³-hybridized carbons (Fsp3) is 0.0800. The van der Waals surface area contributed by atoms with Gasteiger partial charge >= 0.3 is 10.1 Å². The van der Waals surface area contributed by atoms with Gasteiger partial charge in [0.2, 0.25) is 11.0 Å². The first-order chi connectivity index (χ1) is 17.8. The Morgan fingerprint density at radius 1 is 1.00 bits per heavy atom. The smallest absolute Gasteiger partial charge is 0.339 e. The van der Waals surface area contributed by atoms with E-state index in [1.54, 1.807) is 48.5 Å². The Labute approximate surface area is 217 Å². The summed E-state index contributed by atoms with van der Waals surface area (Å²) in [4.78, 5) is 24.5. The second-order valence-electron chi connectivity index (χ2n) is 7.71. The third-order valence-electron chi connectivity index (χ3n) is 4.81. The molecule has 3 aromatic carbocycles. The van der Waals surface area contributed by atoms with Crippen molar-refractivity contribution in [3.8, 4) is 5.75 Å². The van der Waals surface area contributed by atoms with E-state index in [4.69, 9.17) is 4.18 Å². The zero-order valence-corrected chi connectivity index (χ0v) is 21.1. The summed E-state index contributed by atoms with van der Waals surface area (Å²) >= 11 is 1.08. The van der Waals surface area contributed by atoms with Crippen molar-refractivity contribution in [2.45, 2.75) is 18.2 Å². The lowest BCUT2D eigenvalue weighted by Gasteiger charge is -2.07. The van der Waals surface area contributed by atoms with Crippen LogP contribution >= 0.6 is 11.3 Å². The number of nitrogens with zero attached hydrogens (tertiary/aromatic N) is 3. The van der Waals surface area contributed by atoms with Gasteiger partial charge in [-0.15, -0.1) is 10.2 Å². The van der Waals surface area contributed by atoms with Gasteiger partial charge in [-0.2, -0.15) is 13.5 Å². The number of amides is 2. The Kier molecular flexibility index (Phi) is 8.01. The molecule has 0 spiro atoms. The topological polar surface area (TPSA) is 140 Å². The van der Waals surface area contributed by atoms with Crippen LogP contribution in [0, 0.1) is 6.92 Å². The Morgan fingerprint density at radius 2 is 1.76 bits per heavy atom. The van der Waals surface area contributed by atoms with Crippen LogP contribution < -0.4 is 14.9 Å². The first kappa shape index (κ1) is 25.7. The molecule has 10 nitrogen and oxygen atoms in total. The van der Waals surface area contributed by atoms with E-state index in [1.807, 2.05) is 13.0 Å². The lowest BCUT2D eigenvalue weighted by Crippen LogP contribution is -2.19. The average Bonchev–Trinajstić information content (AvgIpc) is 3.31. The maximum Gasteiger partial charge on any atom is 0.339 e. The Morgan fingerprint density at radius 3 is 2.51 bits per heavy atom. The molecule has 0 aliphatic carbocycles. The number of anilines is 1. The highest BCUT2D eigenvalue weighted by Crippen LogP contribution is 2.20. The molecule has 4 aromatic rings. The molecule has 0 fully saturated rings. The third-order valence-corrected chi connectivity index (χ3v) is 6.91. The summed E-state index contributed by atoms with van der Waals surface area (Å²) in [7, 11) is -3.99. The van der Waals surface area contributed by atoms with Gasteiger partial charge in [-0.1, -0.05) is 59.4 Å². The Hall–Kier alpha value is -4.42. The van der Waals surface area contributed by atoms with Crippen LogP contribution in [0.15, 0.2) is 88.9 Å². The highest BCUT2D eigenvalue weighted by Gasteiger charge is 2.16. The molecule has 188 valence electrons. The standard InChI is InChI=1S/C25H21N5O5S2/c1-17-10-12-21(13-11-17)37(33,34)35-20-9-5-6-18(14-20)16-26-28-22(31)15-23-29-30-25(36-23)27-24(32)19-7-3-2-4-8-19/h2-14,16H,15H2,1H3,(H,28,31)(H,27,30,32)/b26-16-. The Balaban J connectivity index is 1.30. The molecule has 12 heteroatoms. The maximum atomic E-state index is 12.5. The lowest BCUT2D eigenvalue weighted by molar-refractivity contribution is -0.120. The number of nitrogens with one attached hydrogen (secondary N) is 2. The van der Waals surface area contributed by atoms with Crippen LogP contribution in [0.3, 0.4) is 0 Å². The van der Waals surface area contributed by atoms with Gasteiger partial charge in [0.1, 0.15) is 15.7 Å². The predicted molar refractivity (Wildman–Crippen MR) is 139 cm³/mol. The summed E-state index contributed by atoms with van der Waals surface area (Å²) < 4.78 is 30.2. The van der Waals surface area contributed by atoms with Gasteiger partial charge < -0.3 is 4.18 Å². The van der Waals surface area contributed by atoms with Gasteiger partial charge in [-0.25, -0.2) is 5.43 Å². The second kappa shape index (κ2) is 11.5. The molecule has 0 bridgehead atoms. The van der Waals surface area contributed by atoms with Crippen molar-refractivity contribution >= 4 is 44.6 Å². The highest BCUT2D eigenvalue weighted by atomic mass is 32.2. The van der Waals surface area contributed by atoms with Gasteiger partial charge in [-0.3, -0.25) is 14.9 Å². The number of carbonyl (C=O) groups is 2. The van der Waals surface area contributed by atoms with Crippen molar-refractivity contribution in [2.24, 2.45) is 5.10 Å². The normalized spacial score (nSPS) is 11.3. The molecule has 2 N–H and O–H groups in total. The molecule has 0 saturated carbocycles. The first-order valence-electron chi connectivity index (χ1n) is 10.9. The van der Waals surface area contributed by atoms with Crippen LogP contribution in [0.2, 0.25) is 0 Å². The number of benzene rings is 3. The molecule has 0 aliphatic heterocycles. The van der Waals surface area contributed by atoms with E-state index in [0.717, 1.165) is 16.9 Å². The summed E-state index contributed by atoms with van der Waals surface area (Å²) in [6.45, 7) is 1.86. The van der Waals surface area contributed by atoms with Gasteiger partial charge in [0, 0.05) is 5.56 Å². The molecule has 0 aliphatic rings. The van der Waals surface area contributed by atoms with Crippen molar-refractivity contribution in [2.75, 3.05) is 5.32 Å². The van der Waals surface area contributed by atoms with E-state index < -0.39 is 16.0 Å². The van der Waals surface area contributed by atoms with E-state index >= 15 is 0 Å². The van der Waals surface area contributed by atoms with Gasteiger partial charge in [-0.05, 0) is 48.9 Å². The SMILES string of the molecule is Cc1ccc(S(=O)(=O)Oc2cccc(/C=N\NC(=O)Cc3nnc(NC(=O)c4ccccc4)s3)c2)cc1. The molecular weight excluding hydrogens is 514 g/mol. The molecule has 1 aromatic heterocycles. The van der Waals surface area contributed by atoms with Crippen LogP contribution in [-0.4, -0.2) is 36.6 Å². The summed E-state index contributed by atoms with van der Waals surface area (Å²) in [6, 6.07) is 21.2. The van der Waals surface area contributed by atoms with E-state index in [2.05, 4.69) is 26.0 Å². The molecule has 37 heavy (non-hydrogen) atoms. The summed E-state index contributed by atoms with van der Waals surface area (Å²) in [6.07, 6.45) is 1.27. The van der Waals surface area contributed by atoms with Crippen molar-refractivity contribution in [1.29, 1.82) is 0 Å². The van der Waals surface area contributed by atoms with Crippen LogP contribution in [0.1, 0.15) is 26.5 Å². The van der Waals surface area contributed by atoms with E-state index in [1.165, 1.54) is 30.5 Å². The van der Waals surface area contributed by atoms with Crippen LogP contribution in [0.25, 0.3) is 0 Å². The summed E-state index contributed by atoms with van der Waals surface area (Å²) in [5, 5.41) is 15.0. The molecule has 2 amide bonds. The van der Waals surface area contributed by atoms with Crippen molar-refractivity contribution in [3.63, 3.8) is 0 Å². The minimum Gasteiger partial charge on any atom is -0.379 e. The van der Waals surface area contributed by atoms with E-state index in [0.29, 0.717) is 16.1 Å². The van der Waals surface area contributed by atoms with Crippen molar-refractivity contribution in [1.82, 2.24) is 15.6 Å². The maximum absolute atomic E-state index is 12.5. The van der Waals surface area contributed by atoms with Gasteiger partial charge in [0.15, 0.2) is 0 Å². The minimum absolute atomic E-state index is 0.0453. The predicted octanol–water partition coefficient (Wildman–Crippen LogP) is 3.56. The van der Waals surface area contributed by atoms with Gasteiger partial charge in [0.05, 0.1) is 12.6 Å². The number of rotatable bonds is 9.